The smallest absolute Gasteiger partial charge is 0.0208 e. The summed E-state index contributed by atoms with van der Waals surface area (Å²) in [6.45, 7) is 9.65. The molecule has 0 heterocycles. The van der Waals surface area contributed by atoms with E-state index in [2.05, 4.69) is 75.5 Å². The first-order chi connectivity index (χ1) is 9.08. The minimum atomic E-state index is 0.518. The minimum Gasteiger partial charge on any atom is -0.310 e. The van der Waals surface area contributed by atoms with Crippen LogP contribution in [0, 0.1) is 13.8 Å². The molecule has 2 aromatic rings. The Labute approximate surface area is 116 Å². The monoisotopic (exact) mass is 253 g/mol. The van der Waals surface area contributed by atoms with Crippen LogP contribution in [0.5, 0.6) is 0 Å². The Morgan fingerprint density at radius 2 is 1.74 bits per heavy atom. The molecule has 0 bridgehead atoms. The molecule has 0 aliphatic carbocycles. The van der Waals surface area contributed by atoms with Crippen molar-refractivity contribution in [2.75, 3.05) is 0 Å². The summed E-state index contributed by atoms with van der Waals surface area (Å²) in [6, 6.07) is 15.8. The molecule has 0 saturated carbocycles. The Morgan fingerprint density at radius 1 is 1.00 bits per heavy atom. The van der Waals surface area contributed by atoms with Gasteiger partial charge in [-0.1, -0.05) is 50.2 Å². The lowest BCUT2D eigenvalue weighted by Crippen LogP contribution is -2.21. The normalized spacial score (nSPS) is 11.0. The van der Waals surface area contributed by atoms with Crippen LogP contribution < -0.4 is 5.32 Å². The second-order valence-corrected chi connectivity index (χ2v) is 5.48. The van der Waals surface area contributed by atoms with Crippen molar-refractivity contribution >= 4 is 0 Å². The molecule has 0 fully saturated rings. The third-order valence-electron chi connectivity index (χ3n) is 3.56. The van der Waals surface area contributed by atoms with Crippen molar-refractivity contribution in [2.45, 2.75) is 40.3 Å². The van der Waals surface area contributed by atoms with Gasteiger partial charge in [0.05, 0.1) is 0 Å². The first-order valence-corrected chi connectivity index (χ1v) is 6.97. The molecule has 0 aliphatic heterocycles. The van der Waals surface area contributed by atoms with E-state index < -0.39 is 0 Å². The van der Waals surface area contributed by atoms with Gasteiger partial charge in [0, 0.05) is 12.6 Å². The van der Waals surface area contributed by atoms with Crippen molar-refractivity contribution in [3.63, 3.8) is 0 Å². The molecule has 1 nitrogen and oxygen atoms in total. The molecular weight excluding hydrogens is 230 g/mol. The molecule has 0 radical (unpaired) electrons. The predicted octanol–water partition coefficient (Wildman–Crippen LogP) is 4.47. The summed E-state index contributed by atoms with van der Waals surface area (Å²) in [5.74, 6) is 0. The predicted molar refractivity (Wildman–Crippen MR) is 83.3 cm³/mol. The van der Waals surface area contributed by atoms with Gasteiger partial charge in [0.2, 0.25) is 0 Å². The lowest BCUT2D eigenvalue weighted by atomic mass is 9.96. The number of nitrogens with one attached hydrogen (secondary N) is 1. The van der Waals surface area contributed by atoms with Gasteiger partial charge in [-0.15, -0.1) is 0 Å². The van der Waals surface area contributed by atoms with Crippen molar-refractivity contribution in [3.05, 3.63) is 59.2 Å². The Balaban J connectivity index is 2.30. The highest BCUT2D eigenvalue weighted by Gasteiger charge is 2.04. The number of hydrogen-bond acceptors (Lipinski definition) is 1. The van der Waals surface area contributed by atoms with Crippen LogP contribution in [0.2, 0.25) is 0 Å². The van der Waals surface area contributed by atoms with E-state index in [0.29, 0.717) is 6.04 Å². The van der Waals surface area contributed by atoms with Crippen LogP contribution in [0.25, 0.3) is 11.1 Å². The average molecular weight is 253 g/mol. The summed E-state index contributed by atoms with van der Waals surface area (Å²) in [6.07, 6.45) is 0. The molecule has 2 rings (SSSR count). The van der Waals surface area contributed by atoms with E-state index >= 15 is 0 Å². The third-order valence-corrected chi connectivity index (χ3v) is 3.56. The molecule has 0 aromatic heterocycles. The average Bonchev–Trinajstić information content (AvgIpc) is 2.40. The third kappa shape index (κ3) is 3.45. The first-order valence-electron chi connectivity index (χ1n) is 6.97. The van der Waals surface area contributed by atoms with E-state index in [-0.39, 0.29) is 0 Å². The summed E-state index contributed by atoms with van der Waals surface area (Å²) in [5, 5.41) is 3.47. The molecule has 1 N–H and O–H groups in total. The SMILES string of the molecule is Cc1cccc(-c2cccc(CNC(C)C)c2)c1C. The maximum absolute atomic E-state index is 3.47. The largest absolute Gasteiger partial charge is 0.310 e. The lowest BCUT2D eigenvalue weighted by Gasteiger charge is -2.12. The quantitative estimate of drug-likeness (QED) is 0.847. The molecule has 100 valence electrons. The van der Waals surface area contributed by atoms with Gasteiger partial charge in [0.15, 0.2) is 0 Å². The van der Waals surface area contributed by atoms with E-state index in [1.54, 1.807) is 0 Å². The fourth-order valence-electron chi connectivity index (χ4n) is 2.23. The Bertz CT molecular complexity index is 555. The van der Waals surface area contributed by atoms with Gasteiger partial charge < -0.3 is 5.32 Å². The van der Waals surface area contributed by atoms with Gasteiger partial charge in [-0.3, -0.25) is 0 Å². The topological polar surface area (TPSA) is 12.0 Å². The second-order valence-electron chi connectivity index (χ2n) is 5.48. The molecule has 0 saturated heterocycles. The van der Waals surface area contributed by atoms with Crippen molar-refractivity contribution in [3.8, 4) is 11.1 Å². The van der Waals surface area contributed by atoms with E-state index in [1.807, 2.05) is 0 Å². The minimum absolute atomic E-state index is 0.518. The van der Waals surface area contributed by atoms with Crippen LogP contribution in [0.1, 0.15) is 30.5 Å². The second kappa shape index (κ2) is 6.03. The van der Waals surface area contributed by atoms with Crippen molar-refractivity contribution in [2.24, 2.45) is 0 Å². The zero-order valence-corrected chi connectivity index (χ0v) is 12.3. The zero-order valence-electron chi connectivity index (χ0n) is 12.3. The molecule has 0 aliphatic rings. The fraction of sp³-hybridized carbons (Fsp3) is 0.333. The zero-order chi connectivity index (χ0) is 13.8. The number of benzene rings is 2. The molecule has 0 spiro atoms. The molecule has 0 unspecified atom stereocenters. The highest BCUT2D eigenvalue weighted by atomic mass is 14.9. The highest BCUT2D eigenvalue weighted by Crippen LogP contribution is 2.26. The standard InChI is InChI=1S/C18H23N/c1-13(2)19-12-16-8-6-9-17(11-16)18-10-5-7-14(3)15(18)4/h5-11,13,19H,12H2,1-4H3. The van der Waals surface area contributed by atoms with Gasteiger partial charge in [0.25, 0.3) is 0 Å². The molecular formula is C18H23N. The Kier molecular flexibility index (Phi) is 4.39. The molecule has 0 amide bonds. The number of hydrogen-bond donors (Lipinski definition) is 1. The van der Waals surface area contributed by atoms with E-state index in [9.17, 15) is 0 Å². The van der Waals surface area contributed by atoms with E-state index in [0.717, 1.165) is 6.54 Å². The maximum Gasteiger partial charge on any atom is 0.0208 e. The van der Waals surface area contributed by atoms with Crippen LogP contribution in [0.15, 0.2) is 42.5 Å². The van der Waals surface area contributed by atoms with Crippen LogP contribution in [0.4, 0.5) is 0 Å². The lowest BCUT2D eigenvalue weighted by molar-refractivity contribution is 0.589. The maximum atomic E-state index is 3.47. The van der Waals surface area contributed by atoms with Crippen LogP contribution in [0.3, 0.4) is 0 Å². The summed E-state index contributed by atoms with van der Waals surface area (Å²) in [5.41, 5.74) is 6.71. The van der Waals surface area contributed by atoms with Gasteiger partial charge >= 0.3 is 0 Å². The van der Waals surface area contributed by atoms with Crippen LogP contribution in [-0.4, -0.2) is 6.04 Å². The summed E-state index contributed by atoms with van der Waals surface area (Å²) < 4.78 is 0. The first kappa shape index (κ1) is 13.8. The Morgan fingerprint density at radius 3 is 2.47 bits per heavy atom. The van der Waals surface area contributed by atoms with E-state index in [4.69, 9.17) is 0 Å². The molecule has 19 heavy (non-hydrogen) atoms. The van der Waals surface area contributed by atoms with Gasteiger partial charge in [-0.05, 0) is 47.7 Å². The van der Waals surface area contributed by atoms with Gasteiger partial charge in [-0.2, -0.15) is 0 Å². The van der Waals surface area contributed by atoms with Crippen molar-refractivity contribution in [1.29, 1.82) is 0 Å². The summed E-state index contributed by atoms with van der Waals surface area (Å²) in [4.78, 5) is 0. The van der Waals surface area contributed by atoms with Crippen LogP contribution >= 0.6 is 0 Å². The number of aryl methyl sites for hydroxylation is 1. The molecule has 1 heteroatoms. The van der Waals surface area contributed by atoms with Crippen molar-refractivity contribution in [1.82, 2.24) is 5.32 Å². The molecule has 2 aromatic carbocycles. The Hall–Kier alpha value is -1.60. The van der Waals surface area contributed by atoms with Gasteiger partial charge in [-0.25, -0.2) is 0 Å². The highest BCUT2D eigenvalue weighted by molar-refractivity contribution is 5.68. The van der Waals surface area contributed by atoms with E-state index in [1.165, 1.54) is 27.8 Å². The van der Waals surface area contributed by atoms with Gasteiger partial charge in [0.1, 0.15) is 0 Å². The number of rotatable bonds is 4. The van der Waals surface area contributed by atoms with Crippen molar-refractivity contribution < 1.29 is 0 Å². The van der Waals surface area contributed by atoms with Crippen LogP contribution in [-0.2, 0) is 6.54 Å². The molecule has 0 atom stereocenters. The fourth-order valence-corrected chi connectivity index (χ4v) is 2.23. The summed E-state index contributed by atoms with van der Waals surface area (Å²) in [7, 11) is 0. The summed E-state index contributed by atoms with van der Waals surface area (Å²) >= 11 is 0.